The van der Waals surface area contributed by atoms with E-state index >= 15 is 0 Å². The van der Waals surface area contributed by atoms with Gasteiger partial charge < -0.3 is 19.3 Å². The Kier molecular flexibility index (Phi) is 6.65. The van der Waals surface area contributed by atoms with Gasteiger partial charge >= 0.3 is 0 Å². The molecule has 188 valence electrons. The van der Waals surface area contributed by atoms with Gasteiger partial charge in [-0.25, -0.2) is 4.68 Å². The third-order valence-corrected chi connectivity index (χ3v) is 6.97. The molecule has 2 aliphatic heterocycles. The highest BCUT2D eigenvalue weighted by Crippen LogP contribution is 2.33. The van der Waals surface area contributed by atoms with Crippen molar-refractivity contribution >= 4 is 23.2 Å². The second kappa shape index (κ2) is 10.0. The van der Waals surface area contributed by atoms with E-state index in [4.69, 9.17) is 9.47 Å². The zero-order valence-electron chi connectivity index (χ0n) is 20.9. The molecule has 0 atom stereocenters. The molecule has 0 spiro atoms. The standard InChI is InChI=1S/C27H31N5O4/c1-29(24(33)18-30-15-4-5-16-30)19-6-8-20(9-7-19)31-17-14-23-25(27(31)34)32(28-26(23)36-3)21-10-12-22(35-2)13-11-21/h6-13H,4-5,14-18H2,1-3H3. The summed E-state index contributed by atoms with van der Waals surface area (Å²) in [4.78, 5) is 32.0. The smallest absolute Gasteiger partial charge is 0.277 e. The summed E-state index contributed by atoms with van der Waals surface area (Å²) in [6.07, 6.45) is 2.93. The Balaban J connectivity index is 1.38. The molecule has 9 nitrogen and oxygen atoms in total. The SMILES string of the molecule is COc1ccc(-n2nc(OC)c3c2C(=O)N(c2ccc(N(C)C(=O)CN4CCCC4)cc2)CC3)cc1. The predicted octanol–water partition coefficient (Wildman–Crippen LogP) is 3.15. The lowest BCUT2D eigenvalue weighted by atomic mass is 10.0. The molecule has 1 saturated heterocycles. The van der Waals surface area contributed by atoms with E-state index in [0.717, 1.165) is 54.3 Å². The summed E-state index contributed by atoms with van der Waals surface area (Å²) < 4.78 is 12.4. The summed E-state index contributed by atoms with van der Waals surface area (Å²) in [5.74, 6) is 1.11. The van der Waals surface area contributed by atoms with Crippen LogP contribution in [0, 0.1) is 0 Å². The van der Waals surface area contributed by atoms with E-state index in [1.54, 1.807) is 35.7 Å². The largest absolute Gasteiger partial charge is 0.497 e. The maximum absolute atomic E-state index is 13.7. The number of hydrogen-bond acceptors (Lipinski definition) is 6. The minimum atomic E-state index is -0.144. The number of rotatable bonds is 7. The van der Waals surface area contributed by atoms with E-state index in [1.165, 1.54) is 0 Å². The average Bonchev–Trinajstić information content (AvgIpc) is 3.57. The molecule has 0 N–H and O–H groups in total. The van der Waals surface area contributed by atoms with E-state index in [0.29, 0.717) is 31.1 Å². The third kappa shape index (κ3) is 4.42. The fraction of sp³-hybridized carbons (Fsp3) is 0.370. The molecule has 2 aliphatic rings. The minimum absolute atomic E-state index is 0.0684. The summed E-state index contributed by atoms with van der Waals surface area (Å²) in [7, 11) is 4.98. The quantitative estimate of drug-likeness (QED) is 0.507. The van der Waals surface area contributed by atoms with Crippen molar-refractivity contribution in [3.05, 3.63) is 59.8 Å². The summed E-state index contributed by atoms with van der Waals surface area (Å²) in [5.41, 5.74) is 3.62. The Morgan fingerprint density at radius 1 is 0.944 bits per heavy atom. The summed E-state index contributed by atoms with van der Waals surface area (Å²) >= 11 is 0. The van der Waals surface area contributed by atoms with Crippen molar-refractivity contribution in [2.45, 2.75) is 19.3 Å². The Labute approximate surface area is 210 Å². The third-order valence-electron chi connectivity index (χ3n) is 6.97. The van der Waals surface area contributed by atoms with Crippen LogP contribution in [-0.4, -0.2) is 73.9 Å². The molecule has 2 aromatic carbocycles. The zero-order valence-corrected chi connectivity index (χ0v) is 20.9. The van der Waals surface area contributed by atoms with Crippen LogP contribution in [-0.2, 0) is 11.2 Å². The van der Waals surface area contributed by atoms with Gasteiger partial charge in [-0.15, -0.1) is 5.10 Å². The fourth-order valence-corrected chi connectivity index (χ4v) is 4.89. The number of likely N-dealkylation sites (N-methyl/N-ethyl adjacent to an activating group) is 1. The molecule has 0 saturated carbocycles. The normalized spacial score (nSPS) is 15.6. The van der Waals surface area contributed by atoms with Gasteiger partial charge in [-0.2, -0.15) is 0 Å². The van der Waals surface area contributed by atoms with Gasteiger partial charge in [0, 0.05) is 30.5 Å². The number of ether oxygens (including phenoxy) is 2. The van der Waals surface area contributed by atoms with E-state index in [1.807, 2.05) is 48.5 Å². The number of carbonyl (C=O) groups excluding carboxylic acids is 2. The van der Waals surface area contributed by atoms with Gasteiger partial charge in [0.15, 0.2) is 0 Å². The topological polar surface area (TPSA) is 80.1 Å². The number of benzene rings is 2. The number of carbonyl (C=O) groups is 2. The Morgan fingerprint density at radius 3 is 2.25 bits per heavy atom. The van der Waals surface area contributed by atoms with Gasteiger partial charge in [-0.05, 0) is 80.9 Å². The van der Waals surface area contributed by atoms with Crippen molar-refractivity contribution in [1.82, 2.24) is 14.7 Å². The maximum Gasteiger partial charge on any atom is 0.277 e. The van der Waals surface area contributed by atoms with Crippen LogP contribution in [0.1, 0.15) is 28.9 Å². The van der Waals surface area contributed by atoms with Crippen molar-refractivity contribution in [3.8, 4) is 17.3 Å². The average molecular weight is 490 g/mol. The first-order valence-corrected chi connectivity index (χ1v) is 12.2. The highest BCUT2D eigenvalue weighted by atomic mass is 16.5. The van der Waals surface area contributed by atoms with Gasteiger partial charge in [-0.1, -0.05) is 0 Å². The molecule has 0 bridgehead atoms. The highest BCUT2D eigenvalue weighted by Gasteiger charge is 2.34. The second-order valence-corrected chi connectivity index (χ2v) is 9.11. The van der Waals surface area contributed by atoms with Gasteiger partial charge in [0.1, 0.15) is 11.4 Å². The van der Waals surface area contributed by atoms with Gasteiger partial charge in [-0.3, -0.25) is 14.5 Å². The van der Waals surface area contributed by atoms with Crippen LogP contribution in [0.2, 0.25) is 0 Å². The molecular formula is C27H31N5O4. The predicted molar refractivity (Wildman–Crippen MR) is 138 cm³/mol. The molecule has 0 radical (unpaired) electrons. The van der Waals surface area contributed by atoms with E-state index in [-0.39, 0.29) is 11.8 Å². The molecule has 1 aromatic heterocycles. The van der Waals surface area contributed by atoms with E-state index in [9.17, 15) is 9.59 Å². The van der Waals surface area contributed by atoms with E-state index in [2.05, 4.69) is 10.00 Å². The van der Waals surface area contributed by atoms with E-state index < -0.39 is 0 Å². The number of anilines is 2. The van der Waals surface area contributed by atoms with Crippen LogP contribution in [0.25, 0.3) is 5.69 Å². The molecule has 2 amide bonds. The first-order chi connectivity index (χ1) is 17.5. The first-order valence-electron chi connectivity index (χ1n) is 12.2. The fourth-order valence-electron chi connectivity index (χ4n) is 4.89. The van der Waals surface area contributed by atoms with Gasteiger partial charge in [0.2, 0.25) is 11.8 Å². The van der Waals surface area contributed by atoms with Crippen LogP contribution >= 0.6 is 0 Å². The van der Waals surface area contributed by atoms with Crippen LogP contribution in [0.15, 0.2) is 48.5 Å². The van der Waals surface area contributed by atoms with Crippen LogP contribution in [0.3, 0.4) is 0 Å². The van der Waals surface area contributed by atoms with Crippen molar-refractivity contribution in [2.75, 3.05) is 57.2 Å². The first kappa shape index (κ1) is 23.9. The molecule has 5 rings (SSSR count). The maximum atomic E-state index is 13.7. The molecule has 0 unspecified atom stereocenters. The Hall–Kier alpha value is -3.85. The lowest BCUT2D eigenvalue weighted by Crippen LogP contribution is -2.39. The highest BCUT2D eigenvalue weighted by molar-refractivity contribution is 6.08. The molecule has 36 heavy (non-hydrogen) atoms. The Bertz CT molecular complexity index is 1250. The minimum Gasteiger partial charge on any atom is -0.497 e. The Morgan fingerprint density at radius 2 is 1.61 bits per heavy atom. The number of hydrogen-bond donors (Lipinski definition) is 0. The summed E-state index contributed by atoms with van der Waals surface area (Å²) in [6.45, 7) is 2.91. The number of aromatic nitrogens is 2. The van der Waals surface area contributed by atoms with Crippen molar-refractivity contribution in [2.24, 2.45) is 0 Å². The lowest BCUT2D eigenvalue weighted by molar-refractivity contribution is -0.119. The summed E-state index contributed by atoms with van der Waals surface area (Å²) in [6, 6.07) is 15.0. The molecule has 9 heteroatoms. The second-order valence-electron chi connectivity index (χ2n) is 9.11. The van der Waals surface area contributed by atoms with Crippen molar-refractivity contribution < 1.29 is 19.1 Å². The lowest BCUT2D eigenvalue weighted by Gasteiger charge is -2.28. The zero-order chi connectivity index (χ0) is 25.2. The molecule has 3 heterocycles. The van der Waals surface area contributed by atoms with Crippen molar-refractivity contribution in [1.29, 1.82) is 0 Å². The number of likely N-dealkylation sites (tertiary alicyclic amines) is 1. The van der Waals surface area contributed by atoms with Crippen LogP contribution < -0.4 is 19.3 Å². The monoisotopic (exact) mass is 489 g/mol. The molecular weight excluding hydrogens is 458 g/mol. The van der Waals surface area contributed by atoms with Gasteiger partial charge in [0.25, 0.3) is 5.91 Å². The van der Waals surface area contributed by atoms with Crippen molar-refractivity contribution in [3.63, 3.8) is 0 Å². The molecule has 3 aromatic rings. The van der Waals surface area contributed by atoms with Crippen LogP contribution in [0.4, 0.5) is 11.4 Å². The summed E-state index contributed by atoms with van der Waals surface area (Å²) in [5, 5.41) is 4.57. The molecule has 1 fully saturated rings. The number of methoxy groups -OCH3 is 2. The number of nitrogens with zero attached hydrogens (tertiary/aromatic N) is 5. The number of amides is 2. The molecule has 0 aliphatic carbocycles. The number of fused-ring (bicyclic) bond motifs is 1. The van der Waals surface area contributed by atoms with Gasteiger partial charge in [0.05, 0.1) is 26.5 Å². The van der Waals surface area contributed by atoms with Crippen LogP contribution in [0.5, 0.6) is 11.6 Å².